The molecule has 0 saturated carbocycles. The number of nitrogens with one attached hydrogen (secondary N) is 1. The first-order valence-electron chi connectivity index (χ1n) is 10.5. The predicted molar refractivity (Wildman–Crippen MR) is 129 cm³/mol. The van der Waals surface area contributed by atoms with E-state index in [4.69, 9.17) is 0 Å². The molecule has 0 spiro atoms. The van der Waals surface area contributed by atoms with Gasteiger partial charge in [-0.15, -0.1) is 16.8 Å². The molecule has 0 aliphatic heterocycles. The van der Waals surface area contributed by atoms with Gasteiger partial charge in [0.1, 0.15) is 0 Å². The number of rotatable bonds is 8. The summed E-state index contributed by atoms with van der Waals surface area (Å²) in [5.41, 5.74) is 1.41. The molecule has 0 atom stereocenters. The van der Waals surface area contributed by atoms with Crippen LogP contribution in [-0.2, 0) is 17.9 Å². The fourth-order valence-corrected chi connectivity index (χ4v) is 4.33. The van der Waals surface area contributed by atoms with Crippen molar-refractivity contribution in [2.45, 2.75) is 18.2 Å². The Bertz CT molecular complexity index is 1540. The maximum absolute atomic E-state index is 12.9. The third-order valence-corrected chi connectivity index (χ3v) is 6.09. The van der Waals surface area contributed by atoms with E-state index in [1.165, 1.54) is 16.3 Å². The number of nitrogens with zero attached hydrogens (tertiary/aromatic N) is 7. The molecule has 10 nitrogen and oxygen atoms in total. The topological polar surface area (TPSA) is 112 Å². The van der Waals surface area contributed by atoms with Gasteiger partial charge in [-0.1, -0.05) is 36.0 Å². The van der Waals surface area contributed by atoms with E-state index in [1.54, 1.807) is 33.6 Å². The first-order chi connectivity index (χ1) is 16.7. The van der Waals surface area contributed by atoms with Crippen LogP contribution in [0.1, 0.15) is 5.56 Å². The third kappa shape index (κ3) is 4.08. The average molecular weight is 473 g/mol. The largest absolute Gasteiger partial charge is 0.351 e. The number of carbonyl (C=O) groups excluding carboxylic acids is 1. The van der Waals surface area contributed by atoms with Crippen LogP contribution in [-0.4, -0.2) is 45.6 Å². The lowest BCUT2D eigenvalue weighted by Crippen LogP contribution is -2.25. The molecule has 170 valence electrons. The molecular formula is C23H20N8O2S. The molecule has 0 bridgehead atoms. The lowest BCUT2D eigenvalue weighted by molar-refractivity contribution is -0.118. The van der Waals surface area contributed by atoms with Gasteiger partial charge in [-0.05, 0) is 29.8 Å². The van der Waals surface area contributed by atoms with E-state index in [0.29, 0.717) is 40.7 Å². The van der Waals surface area contributed by atoms with E-state index < -0.39 is 0 Å². The lowest BCUT2D eigenvalue weighted by Gasteiger charge is -2.09. The van der Waals surface area contributed by atoms with Crippen molar-refractivity contribution in [3.63, 3.8) is 0 Å². The summed E-state index contributed by atoms with van der Waals surface area (Å²) >= 11 is 1.26. The van der Waals surface area contributed by atoms with Crippen LogP contribution in [0.2, 0.25) is 0 Å². The Labute approximate surface area is 198 Å². The fraction of sp³-hybridized carbons (Fsp3) is 0.130. The van der Waals surface area contributed by atoms with E-state index in [9.17, 15) is 9.59 Å². The number of para-hydroxylation sites is 1. The molecule has 1 aromatic carbocycles. The highest BCUT2D eigenvalue weighted by Crippen LogP contribution is 2.21. The molecule has 4 heterocycles. The van der Waals surface area contributed by atoms with E-state index in [1.807, 2.05) is 42.6 Å². The lowest BCUT2D eigenvalue weighted by atomic mass is 10.2. The Hall–Kier alpha value is -4.25. The zero-order chi connectivity index (χ0) is 23.5. The second-order valence-electron chi connectivity index (χ2n) is 7.38. The highest BCUT2D eigenvalue weighted by molar-refractivity contribution is 7.99. The zero-order valence-corrected chi connectivity index (χ0v) is 18.9. The minimum Gasteiger partial charge on any atom is -0.351 e. The molecule has 0 fully saturated rings. The van der Waals surface area contributed by atoms with Crippen molar-refractivity contribution < 1.29 is 4.79 Å². The average Bonchev–Trinajstić information content (AvgIpc) is 3.55. The summed E-state index contributed by atoms with van der Waals surface area (Å²) in [5.74, 6) is 1.11. The number of aromatic nitrogens is 7. The zero-order valence-electron chi connectivity index (χ0n) is 18.0. The van der Waals surface area contributed by atoms with Gasteiger partial charge < -0.3 is 5.32 Å². The summed E-state index contributed by atoms with van der Waals surface area (Å²) in [5, 5.41) is 16.6. The van der Waals surface area contributed by atoms with Crippen molar-refractivity contribution >= 4 is 34.3 Å². The van der Waals surface area contributed by atoms with Gasteiger partial charge >= 0.3 is 0 Å². The Morgan fingerprint density at radius 1 is 1.15 bits per heavy atom. The van der Waals surface area contributed by atoms with E-state index >= 15 is 0 Å². The molecule has 34 heavy (non-hydrogen) atoms. The molecule has 5 aromatic rings. The molecule has 5 rings (SSSR count). The second kappa shape index (κ2) is 9.32. The van der Waals surface area contributed by atoms with Crippen molar-refractivity contribution in [1.29, 1.82) is 0 Å². The third-order valence-electron chi connectivity index (χ3n) is 5.16. The Morgan fingerprint density at radius 3 is 2.79 bits per heavy atom. The number of fused-ring (bicyclic) bond motifs is 3. The highest BCUT2D eigenvalue weighted by Gasteiger charge is 2.17. The monoisotopic (exact) mass is 472 g/mol. The summed E-state index contributed by atoms with van der Waals surface area (Å²) in [6, 6.07) is 12.8. The SMILES string of the molecule is C=CCn1c(=O)c2ccccc2n2c(SCC(=O)NCc3ccc(-n4cccn4)nc3)nnc12. The van der Waals surface area contributed by atoms with Crippen LogP contribution in [0.3, 0.4) is 0 Å². The van der Waals surface area contributed by atoms with E-state index in [2.05, 4.69) is 32.2 Å². The summed E-state index contributed by atoms with van der Waals surface area (Å²) in [7, 11) is 0. The molecule has 0 saturated heterocycles. The quantitative estimate of drug-likeness (QED) is 0.272. The Kier molecular flexibility index (Phi) is 5.91. The summed E-state index contributed by atoms with van der Waals surface area (Å²) in [4.78, 5) is 29.7. The molecular weight excluding hydrogens is 452 g/mol. The van der Waals surface area contributed by atoms with Crippen molar-refractivity contribution in [3.05, 3.63) is 89.6 Å². The molecule has 1 amide bonds. The Morgan fingerprint density at radius 2 is 2.03 bits per heavy atom. The van der Waals surface area contributed by atoms with Gasteiger partial charge in [0, 0.05) is 31.7 Å². The van der Waals surface area contributed by atoms with E-state index in [0.717, 1.165) is 5.56 Å². The number of carbonyl (C=O) groups is 1. The number of amides is 1. The van der Waals surface area contributed by atoms with Crippen LogP contribution < -0.4 is 10.9 Å². The van der Waals surface area contributed by atoms with Crippen molar-refractivity contribution in [2.24, 2.45) is 0 Å². The van der Waals surface area contributed by atoms with Gasteiger partial charge in [-0.3, -0.25) is 18.6 Å². The molecule has 4 aromatic heterocycles. The number of benzene rings is 1. The van der Waals surface area contributed by atoms with Gasteiger partial charge in [0.15, 0.2) is 11.0 Å². The minimum atomic E-state index is -0.156. The number of thioether (sulfide) groups is 1. The van der Waals surface area contributed by atoms with Gasteiger partial charge in [0.05, 0.1) is 16.7 Å². The minimum absolute atomic E-state index is 0.147. The number of pyridine rings is 1. The maximum Gasteiger partial charge on any atom is 0.263 e. The highest BCUT2D eigenvalue weighted by atomic mass is 32.2. The molecule has 0 unspecified atom stereocenters. The van der Waals surface area contributed by atoms with Gasteiger partial charge in [-0.2, -0.15) is 5.10 Å². The first-order valence-corrected chi connectivity index (χ1v) is 11.5. The number of hydrogen-bond donors (Lipinski definition) is 1. The van der Waals surface area contributed by atoms with Crippen molar-refractivity contribution in [2.75, 3.05) is 5.75 Å². The van der Waals surface area contributed by atoms with Crippen LogP contribution >= 0.6 is 11.8 Å². The number of hydrogen-bond acceptors (Lipinski definition) is 7. The predicted octanol–water partition coefficient (Wildman–Crippen LogP) is 2.22. The van der Waals surface area contributed by atoms with Crippen LogP contribution in [0.15, 0.2) is 83.7 Å². The Balaban J connectivity index is 1.30. The van der Waals surface area contributed by atoms with Crippen LogP contribution in [0.4, 0.5) is 0 Å². The number of allylic oxidation sites excluding steroid dienone is 1. The second-order valence-corrected chi connectivity index (χ2v) is 8.32. The first kappa shape index (κ1) is 21.6. The summed E-state index contributed by atoms with van der Waals surface area (Å²) < 4.78 is 4.99. The van der Waals surface area contributed by atoms with Crippen molar-refractivity contribution in [3.8, 4) is 5.82 Å². The van der Waals surface area contributed by atoms with E-state index in [-0.39, 0.29) is 17.2 Å². The van der Waals surface area contributed by atoms with Crippen LogP contribution in [0.5, 0.6) is 0 Å². The molecule has 1 N–H and O–H groups in total. The summed E-state index contributed by atoms with van der Waals surface area (Å²) in [6.07, 6.45) is 6.85. The smallest absolute Gasteiger partial charge is 0.263 e. The van der Waals surface area contributed by atoms with Crippen LogP contribution in [0, 0.1) is 0 Å². The molecule has 11 heteroatoms. The maximum atomic E-state index is 12.9. The van der Waals surface area contributed by atoms with Gasteiger partial charge in [-0.25, -0.2) is 9.67 Å². The fourth-order valence-electron chi connectivity index (χ4n) is 3.56. The molecule has 0 radical (unpaired) electrons. The van der Waals surface area contributed by atoms with Crippen LogP contribution in [0.25, 0.3) is 22.5 Å². The molecule has 0 aliphatic rings. The van der Waals surface area contributed by atoms with Gasteiger partial charge in [0.25, 0.3) is 5.56 Å². The van der Waals surface area contributed by atoms with Gasteiger partial charge in [0.2, 0.25) is 11.7 Å². The van der Waals surface area contributed by atoms with Crippen molar-refractivity contribution in [1.82, 2.24) is 39.2 Å². The molecule has 0 aliphatic carbocycles. The summed E-state index contributed by atoms with van der Waals surface area (Å²) in [6.45, 7) is 4.39. The standard InChI is InChI=1S/C23H20N8O2S/c1-2-11-29-21(33)17-6-3-4-7-18(17)31-22(29)27-28-23(31)34-15-20(32)25-14-16-8-9-19(24-13-16)30-12-5-10-26-30/h2-10,12-13H,1,11,14-15H2,(H,25,32). The normalized spacial score (nSPS) is 11.2.